The summed E-state index contributed by atoms with van der Waals surface area (Å²) in [6, 6.07) is 7.72. The van der Waals surface area contributed by atoms with Gasteiger partial charge in [-0.05, 0) is 38.1 Å². The predicted molar refractivity (Wildman–Crippen MR) is 98.3 cm³/mol. The monoisotopic (exact) mass is 362 g/mol. The molecule has 1 amide bonds. The van der Waals surface area contributed by atoms with Crippen molar-refractivity contribution in [2.75, 3.05) is 32.1 Å². The molecule has 134 valence electrons. The molecule has 0 spiro atoms. The van der Waals surface area contributed by atoms with E-state index in [1.807, 2.05) is 29.6 Å². The summed E-state index contributed by atoms with van der Waals surface area (Å²) in [5.74, 6) is 0.802. The Balaban J connectivity index is 1.58. The maximum Gasteiger partial charge on any atom is 0.281 e. The number of hydrogen-bond donors (Lipinski definition) is 2. The van der Waals surface area contributed by atoms with Gasteiger partial charge < -0.3 is 14.4 Å². The van der Waals surface area contributed by atoms with E-state index in [-0.39, 0.29) is 18.1 Å². The highest BCUT2D eigenvalue weighted by Crippen LogP contribution is 2.26. The molecule has 3 rings (SSSR count). The summed E-state index contributed by atoms with van der Waals surface area (Å²) in [6.07, 6.45) is 0.376. The van der Waals surface area contributed by atoms with Crippen LogP contribution in [-0.4, -0.2) is 49.8 Å². The number of carbonyl (C=O) groups is 1. The van der Waals surface area contributed by atoms with Crippen molar-refractivity contribution >= 4 is 22.4 Å². The van der Waals surface area contributed by atoms with E-state index in [2.05, 4.69) is 24.1 Å². The highest BCUT2D eigenvalue weighted by atomic mass is 32.1. The number of nitrogens with one attached hydrogen (secondary N) is 2. The van der Waals surface area contributed by atoms with Gasteiger partial charge >= 0.3 is 0 Å². The molecular weight excluding hydrogens is 338 g/mol. The molecule has 25 heavy (non-hydrogen) atoms. The number of amides is 1. The van der Waals surface area contributed by atoms with Gasteiger partial charge in [0.2, 0.25) is 0 Å². The lowest BCUT2D eigenvalue weighted by atomic mass is 10.2. The molecule has 1 aromatic carbocycles. The number of hydrogen-bond acceptors (Lipinski definition) is 5. The summed E-state index contributed by atoms with van der Waals surface area (Å²) < 4.78 is 10.9. The number of nitrogens with zero attached hydrogens (tertiary/aromatic N) is 1. The molecule has 0 unspecified atom stereocenters. The third-order valence-electron chi connectivity index (χ3n) is 4.16. The van der Waals surface area contributed by atoms with Crippen molar-refractivity contribution in [1.29, 1.82) is 0 Å². The van der Waals surface area contributed by atoms with Crippen LogP contribution in [0.25, 0.3) is 11.3 Å². The maximum atomic E-state index is 12.3. The zero-order chi connectivity index (χ0) is 17.8. The first-order chi connectivity index (χ1) is 12.0. The first kappa shape index (κ1) is 17.8. The zero-order valence-corrected chi connectivity index (χ0v) is 15.6. The zero-order valence-electron chi connectivity index (χ0n) is 14.7. The minimum Gasteiger partial charge on any atom is -0.497 e. The van der Waals surface area contributed by atoms with Crippen molar-refractivity contribution in [1.82, 2.24) is 4.98 Å². The molecule has 2 N–H and O–H groups in total. The average molecular weight is 362 g/mol. The summed E-state index contributed by atoms with van der Waals surface area (Å²) >= 11 is 1.44. The number of carbonyl (C=O) groups excluding carboxylic acids is 1. The molecule has 2 aromatic rings. The van der Waals surface area contributed by atoms with Gasteiger partial charge in [0.25, 0.3) is 5.91 Å². The molecule has 1 aromatic heterocycles. The Morgan fingerprint density at radius 3 is 2.64 bits per heavy atom. The van der Waals surface area contributed by atoms with E-state index in [0.29, 0.717) is 11.7 Å². The molecule has 1 saturated heterocycles. The Morgan fingerprint density at radius 1 is 1.32 bits per heavy atom. The lowest BCUT2D eigenvalue weighted by molar-refractivity contribution is -0.907. The number of anilines is 1. The van der Waals surface area contributed by atoms with Gasteiger partial charge in [-0.25, -0.2) is 4.98 Å². The molecule has 0 bridgehead atoms. The van der Waals surface area contributed by atoms with Crippen LogP contribution >= 0.6 is 11.3 Å². The van der Waals surface area contributed by atoms with Gasteiger partial charge in [-0.2, -0.15) is 0 Å². The summed E-state index contributed by atoms with van der Waals surface area (Å²) in [5, 5.41) is 5.49. The van der Waals surface area contributed by atoms with Crippen LogP contribution in [0.5, 0.6) is 5.75 Å². The first-order valence-electron chi connectivity index (χ1n) is 8.42. The van der Waals surface area contributed by atoms with E-state index in [9.17, 15) is 4.79 Å². The third-order valence-corrected chi connectivity index (χ3v) is 4.92. The number of aromatic nitrogens is 1. The number of quaternary nitrogens is 1. The largest absolute Gasteiger partial charge is 0.497 e. The summed E-state index contributed by atoms with van der Waals surface area (Å²) in [7, 11) is 1.64. The fraction of sp³-hybridized carbons (Fsp3) is 0.444. The van der Waals surface area contributed by atoms with E-state index < -0.39 is 0 Å². The molecule has 2 atom stereocenters. The minimum atomic E-state index is -0.00747. The average Bonchev–Trinajstić information content (AvgIpc) is 3.02. The standard InChI is InChI=1S/C18H23N3O3S/c1-12-8-21(9-13(2)24-12)10-17(22)20-18-19-16(11-25-18)14-4-6-15(23-3)7-5-14/h4-7,11-13H,8-10H2,1-3H3,(H,19,20,22)/p+1/t12-,13-/m1/s1. The number of thiazole rings is 1. The van der Waals surface area contributed by atoms with Crippen molar-refractivity contribution < 1.29 is 19.2 Å². The first-order valence-corrected chi connectivity index (χ1v) is 9.30. The molecule has 0 aliphatic carbocycles. The van der Waals surface area contributed by atoms with Crippen molar-refractivity contribution in [2.45, 2.75) is 26.1 Å². The van der Waals surface area contributed by atoms with Gasteiger partial charge in [0.15, 0.2) is 11.7 Å². The van der Waals surface area contributed by atoms with E-state index in [1.54, 1.807) is 7.11 Å². The topological polar surface area (TPSA) is 64.9 Å². The Hall–Kier alpha value is -1.96. The van der Waals surface area contributed by atoms with E-state index >= 15 is 0 Å². The van der Waals surface area contributed by atoms with E-state index in [4.69, 9.17) is 9.47 Å². The van der Waals surface area contributed by atoms with Crippen LogP contribution in [0.1, 0.15) is 13.8 Å². The van der Waals surface area contributed by atoms with Gasteiger partial charge in [-0.15, -0.1) is 11.3 Å². The molecule has 1 aliphatic heterocycles. The van der Waals surface area contributed by atoms with Gasteiger partial charge in [-0.3, -0.25) is 10.1 Å². The van der Waals surface area contributed by atoms with E-state index in [1.165, 1.54) is 16.2 Å². The summed E-state index contributed by atoms with van der Waals surface area (Å²) in [5.41, 5.74) is 1.85. The molecule has 2 heterocycles. The quantitative estimate of drug-likeness (QED) is 0.845. The lowest BCUT2D eigenvalue weighted by Gasteiger charge is -2.31. The van der Waals surface area contributed by atoms with Crippen LogP contribution in [0.4, 0.5) is 5.13 Å². The number of methoxy groups -OCH3 is 1. The number of rotatable bonds is 5. The maximum absolute atomic E-state index is 12.3. The van der Waals surface area contributed by atoms with Crippen LogP contribution in [0.15, 0.2) is 29.6 Å². The molecule has 0 saturated carbocycles. The fourth-order valence-corrected chi connectivity index (χ4v) is 3.89. The highest BCUT2D eigenvalue weighted by Gasteiger charge is 2.27. The second kappa shape index (κ2) is 7.95. The second-order valence-corrected chi connectivity index (χ2v) is 7.27. The number of ether oxygens (including phenoxy) is 2. The van der Waals surface area contributed by atoms with Crippen molar-refractivity contribution in [3.8, 4) is 17.0 Å². The van der Waals surface area contributed by atoms with Crippen molar-refractivity contribution in [2.24, 2.45) is 0 Å². The molecule has 7 heteroatoms. The van der Waals surface area contributed by atoms with Crippen LogP contribution in [-0.2, 0) is 9.53 Å². The molecule has 0 radical (unpaired) electrons. The minimum absolute atomic E-state index is 0.00747. The highest BCUT2D eigenvalue weighted by molar-refractivity contribution is 7.14. The molecule has 6 nitrogen and oxygen atoms in total. The third kappa shape index (κ3) is 4.78. The fourth-order valence-electron chi connectivity index (χ4n) is 3.15. The van der Waals surface area contributed by atoms with Crippen LogP contribution in [0.3, 0.4) is 0 Å². The second-order valence-electron chi connectivity index (χ2n) is 6.41. The van der Waals surface area contributed by atoms with Crippen LogP contribution in [0, 0.1) is 0 Å². The Labute approximate surface area is 151 Å². The number of morpholine rings is 1. The van der Waals surface area contributed by atoms with Crippen LogP contribution in [0.2, 0.25) is 0 Å². The predicted octanol–water partition coefficient (Wildman–Crippen LogP) is 1.45. The smallest absolute Gasteiger partial charge is 0.281 e. The Kier molecular flexibility index (Phi) is 5.67. The van der Waals surface area contributed by atoms with Crippen molar-refractivity contribution in [3.63, 3.8) is 0 Å². The Bertz CT molecular complexity index is 707. The number of benzene rings is 1. The summed E-state index contributed by atoms with van der Waals surface area (Å²) in [4.78, 5) is 18.1. The molecule has 1 fully saturated rings. The van der Waals surface area contributed by atoms with Crippen molar-refractivity contribution in [3.05, 3.63) is 29.6 Å². The normalized spacial score (nSPS) is 23.2. The lowest BCUT2D eigenvalue weighted by Crippen LogP contribution is -3.16. The SMILES string of the molecule is COc1ccc(-c2csc(NC(=O)C[NH+]3C[C@@H](C)O[C@H](C)C3)n2)cc1. The van der Waals surface area contributed by atoms with Crippen LogP contribution < -0.4 is 15.0 Å². The molecule has 1 aliphatic rings. The van der Waals surface area contributed by atoms with E-state index in [0.717, 1.165) is 30.1 Å². The van der Waals surface area contributed by atoms with Gasteiger partial charge in [0.1, 0.15) is 31.0 Å². The Morgan fingerprint density at radius 2 is 2.00 bits per heavy atom. The van der Waals surface area contributed by atoms with Gasteiger partial charge in [0, 0.05) is 10.9 Å². The summed E-state index contributed by atoms with van der Waals surface area (Å²) in [6.45, 7) is 6.25. The molecular formula is C18H24N3O3S+. The van der Waals surface area contributed by atoms with Gasteiger partial charge in [0.05, 0.1) is 12.8 Å². The van der Waals surface area contributed by atoms with Gasteiger partial charge in [-0.1, -0.05) is 0 Å².